The van der Waals surface area contributed by atoms with Gasteiger partial charge in [0.1, 0.15) is 11.5 Å². The molecule has 0 saturated carbocycles. The van der Waals surface area contributed by atoms with Gasteiger partial charge in [0.25, 0.3) is 5.56 Å². The molecule has 4 rings (SSSR count). The number of rotatable bonds is 5. The van der Waals surface area contributed by atoms with Gasteiger partial charge in [0.05, 0.1) is 31.1 Å². The molecule has 2 aromatic heterocycles. The number of hydrogen-bond donors (Lipinski definition) is 1. The van der Waals surface area contributed by atoms with Gasteiger partial charge < -0.3 is 19.5 Å². The minimum absolute atomic E-state index is 0.0868. The standard InChI is InChI=1S/C20H26BrN5O2/c1-3-15-11-25(17-12-28-13-17)6-7-26(15)16-4-5-19(22-9-16)23-18-8-14(21)10-24(2)20(18)27/h4-5,8-10,15,17H,3,6-7,11-13H2,1-2H3,(H,22,23). The van der Waals surface area contributed by atoms with Crippen molar-refractivity contribution in [2.24, 2.45) is 7.05 Å². The Morgan fingerprint density at radius 2 is 2.14 bits per heavy atom. The third-order valence-corrected chi connectivity index (χ3v) is 6.05. The number of aryl methyl sites for hydroxylation is 1. The highest BCUT2D eigenvalue weighted by molar-refractivity contribution is 9.10. The van der Waals surface area contributed by atoms with E-state index >= 15 is 0 Å². The van der Waals surface area contributed by atoms with Gasteiger partial charge in [-0.3, -0.25) is 9.69 Å². The highest BCUT2D eigenvalue weighted by Crippen LogP contribution is 2.25. The number of hydrogen-bond acceptors (Lipinski definition) is 6. The minimum atomic E-state index is -0.0868. The molecule has 4 heterocycles. The lowest BCUT2D eigenvalue weighted by Crippen LogP contribution is -2.60. The van der Waals surface area contributed by atoms with Crippen molar-refractivity contribution in [1.82, 2.24) is 14.5 Å². The fourth-order valence-electron chi connectivity index (χ4n) is 3.86. The number of pyridine rings is 2. The number of aromatic nitrogens is 2. The van der Waals surface area contributed by atoms with Crippen molar-refractivity contribution in [2.75, 3.05) is 43.1 Å². The third kappa shape index (κ3) is 3.94. The maximum Gasteiger partial charge on any atom is 0.274 e. The van der Waals surface area contributed by atoms with Crippen LogP contribution in [0.4, 0.5) is 17.2 Å². The number of halogens is 1. The van der Waals surface area contributed by atoms with E-state index in [-0.39, 0.29) is 5.56 Å². The summed E-state index contributed by atoms with van der Waals surface area (Å²) in [5.41, 5.74) is 1.54. The summed E-state index contributed by atoms with van der Waals surface area (Å²) in [4.78, 5) is 21.8. The zero-order valence-corrected chi connectivity index (χ0v) is 17.9. The molecule has 7 nitrogen and oxygen atoms in total. The number of piperazine rings is 1. The monoisotopic (exact) mass is 447 g/mol. The van der Waals surface area contributed by atoms with Crippen LogP contribution in [0.3, 0.4) is 0 Å². The van der Waals surface area contributed by atoms with Gasteiger partial charge in [-0.25, -0.2) is 4.98 Å². The fourth-order valence-corrected chi connectivity index (χ4v) is 4.40. The van der Waals surface area contributed by atoms with E-state index in [1.165, 1.54) is 0 Å². The Morgan fingerprint density at radius 3 is 2.79 bits per heavy atom. The zero-order chi connectivity index (χ0) is 19.7. The normalized spacial score (nSPS) is 20.8. The second-order valence-corrected chi connectivity index (χ2v) is 8.37. The average Bonchev–Trinajstić information content (AvgIpc) is 2.65. The maximum absolute atomic E-state index is 12.3. The zero-order valence-electron chi connectivity index (χ0n) is 16.3. The van der Waals surface area contributed by atoms with Crippen molar-refractivity contribution in [1.29, 1.82) is 0 Å². The van der Waals surface area contributed by atoms with Gasteiger partial charge >= 0.3 is 0 Å². The van der Waals surface area contributed by atoms with Crippen molar-refractivity contribution in [3.8, 4) is 0 Å². The molecule has 0 spiro atoms. The van der Waals surface area contributed by atoms with Crippen LogP contribution in [0, 0.1) is 0 Å². The first-order chi connectivity index (χ1) is 13.5. The predicted molar refractivity (Wildman–Crippen MR) is 115 cm³/mol. The van der Waals surface area contributed by atoms with Crippen LogP contribution in [0.5, 0.6) is 0 Å². The van der Waals surface area contributed by atoms with E-state index in [0.29, 0.717) is 23.6 Å². The molecule has 0 amide bonds. The Kier molecular flexibility index (Phi) is 5.70. The van der Waals surface area contributed by atoms with E-state index in [9.17, 15) is 4.79 Å². The Bertz CT molecular complexity index is 881. The molecule has 0 aromatic carbocycles. The summed E-state index contributed by atoms with van der Waals surface area (Å²) in [5.74, 6) is 0.664. The van der Waals surface area contributed by atoms with Crippen molar-refractivity contribution in [2.45, 2.75) is 25.4 Å². The van der Waals surface area contributed by atoms with E-state index in [1.807, 2.05) is 12.3 Å². The highest BCUT2D eigenvalue weighted by Gasteiger charge is 2.33. The second kappa shape index (κ2) is 8.23. The van der Waals surface area contributed by atoms with Crippen LogP contribution in [0.15, 0.2) is 39.9 Å². The van der Waals surface area contributed by atoms with Crippen molar-refractivity contribution >= 4 is 33.1 Å². The third-order valence-electron chi connectivity index (χ3n) is 5.61. The smallest absolute Gasteiger partial charge is 0.274 e. The first-order valence-corrected chi connectivity index (χ1v) is 10.5. The molecule has 0 bridgehead atoms. The molecule has 1 unspecified atom stereocenters. The van der Waals surface area contributed by atoms with E-state index in [1.54, 1.807) is 23.9 Å². The summed E-state index contributed by atoms with van der Waals surface area (Å²) in [6.07, 6.45) is 4.73. The summed E-state index contributed by atoms with van der Waals surface area (Å²) >= 11 is 3.42. The molecule has 150 valence electrons. The predicted octanol–water partition coefficient (Wildman–Crippen LogP) is 2.59. The number of ether oxygens (including phenoxy) is 1. The minimum Gasteiger partial charge on any atom is -0.378 e. The van der Waals surface area contributed by atoms with Crippen LogP contribution >= 0.6 is 15.9 Å². The molecule has 1 N–H and O–H groups in total. The van der Waals surface area contributed by atoms with Crippen LogP contribution in [-0.2, 0) is 11.8 Å². The molecule has 8 heteroatoms. The maximum atomic E-state index is 12.3. The Labute approximate surface area is 173 Å². The van der Waals surface area contributed by atoms with Crippen LogP contribution in [-0.4, -0.2) is 59.4 Å². The summed E-state index contributed by atoms with van der Waals surface area (Å²) in [6, 6.07) is 6.87. The van der Waals surface area contributed by atoms with E-state index < -0.39 is 0 Å². The number of anilines is 3. The van der Waals surface area contributed by atoms with Gasteiger partial charge in [-0.05, 0) is 40.5 Å². The van der Waals surface area contributed by atoms with Crippen LogP contribution in [0.1, 0.15) is 13.3 Å². The van der Waals surface area contributed by atoms with Gasteiger partial charge in [-0.15, -0.1) is 0 Å². The lowest BCUT2D eigenvalue weighted by atomic mass is 10.1. The quantitative estimate of drug-likeness (QED) is 0.759. The van der Waals surface area contributed by atoms with Gasteiger partial charge in [0.2, 0.25) is 0 Å². The Balaban J connectivity index is 1.46. The molecule has 0 radical (unpaired) electrons. The Hall–Kier alpha value is -1.90. The molecule has 2 aromatic rings. The summed E-state index contributed by atoms with van der Waals surface area (Å²) in [5, 5.41) is 3.13. The second-order valence-electron chi connectivity index (χ2n) is 7.46. The van der Waals surface area contributed by atoms with E-state index in [0.717, 1.165) is 49.4 Å². The number of nitrogens with zero attached hydrogens (tertiary/aromatic N) is 4. The molecule has 28 heavy (non-hydrogen) atoms. The molecule has 2 fully saturated rings. The van der Waals surface area contributed by atoms with Crippen LogP contribution in [0.25, 0.3) is 0 Å². The van der Waals surface area contributed by atoms with Crippen LogP contribution < -0.4 is 15.8 Å². The lowest BCUT2D eigenvalue weighted by molar-refractivity contribution is -0.0698. The summed E-state index contributed by atoms with van der Waals surface area (Å²) in [7, 11) is 1.73. The van der Waals surface area contributed by atoms with Crippen molar-refractivity contribution in [3.63, 3.8) is 0 Å². The first kappa shape index (κ1) is 19.4. The Morgan fingerprint density at radius 1 is 1.32 bits per heavy atom. The van der Waals surface area contributed by atoms with E-state index in [2.05, 4.69) is 49.0 Å². The molecule has 1 atom stereocenters. The fraction of sp³-hybridized carbons (Fsp3) is 0.500. The molecule has 2 aliphatic rings. The molecular weight excluding hydrogens is 422 g/mol. The molecule has 2 aliphatic heterocycles. The summed E-state index contributed by atoms with van der Waals surface area (Å²) in [6.45, 7) is 7.10. The van der Waals surface area contributed by atoms with Gasteiger partial charge in [-0.1, -0.05) is 6.92 Å². The number of nitrogens with one attached hydrogen (secondary N) is 1. The van der Waals surface area contributed by atoms with Crippen molar-refractivity contribution in [3.05, 3.63) is 45.4 Å². The SMILES string of the molecule is CCC1CN(C2COC2)CCN1c1ccc(Nc2cc(Br)cn(C)c2=O)nc1. The van der Waals surface area contributed by atoms with Gasteiger partial charge in [-0.2, -0.15) is 0 Å². The summed E-state index contributed by atoms with van der Waals surface area (Å²) < 4.78 is 7.74. The highest BCUT2D eigenvalue weighted by atomic mass is 79.9. The van der Waals surface area contributed by atoms with Gasteiger partial charge in [0.15, 0.2) is 0 Å². The van der Waals surface area contributed by atoms with E-state index in [4.69, 9.17) is 4.74 Å². The van der Waals surface area contributed by atoms with Crippen molar-refractivity contribution < 1.29 is 4.74 Å². The molecular formula is C20H26BrN5O2. The van der Waals surface area contributed by atoms with Crippen LogP contribution in [0.2, 0.25) is 0 Å². The molecule has 0 aliphatic carbocycles. The largest absolute Gasteiger partial charge is 0.378 e. The van der Waals surface area contributed by atoms with Gasteiger partial charge in [0, 0.05) is 43.4 Å². The average molecular weight is 448 g/mol. The lowest BCUT2D eigenvalue weighted by Gasteiger charge is -2.47. The topological polar surface area (TPSA) is 62.6 Å². The first-order valence-electron chi connectivity index (χ1n) is 9.73. The molecule has 2 saturated heterocycles.